The Balaban J connectivity index is 2.15. The normalized spacial score (nSPS) is 10.8. The Hall–Kier alpha value is -1.96. The van der Waals surface area contributed by atoms with Gasteiger partial charge in [-0.25, -0.2) is 4.98 Å². The van der Waals surface area contributed by atoms with Crippen LogP contribution in [0, 0.1) is 0 Å². The Bertz CT molecular complexity index is 603. The van der Waals surface area contributed by atoms with Gasteiger partial charge in [0.05, 0.1) is 5.69 Å². The van der Waals surface area contributed by atoms with Crippen LogP contribution >= 0.6 is 11.8 Å². The zero-order valence-electron chi connectivity index (χ0n) is 10.6. The maximum absolute atomic E-state index is 12.4. The minimum absolute atomic E-state index is 0.0151. The number of alkyl halides is 2. The molecule has 5 nitrogen and oxygen atoms in total. The second kappa shape index (κ2) is 6.47. The van der Waals surface area contributed by atoms with Crippen molar-refractivity contribution in [3.05, 3.63) is 35.9 Å². The number of carbonyl (C=O) groups is 1. The van der Waals surface area contributed by atoms with Crippen LogP contribution in [0.3, 0.4) is 0 Å². The number of halogens is 2. The molecule has 2 N–H and O–H groups in total. The van der Waals surface area contributed by atoms with Crippen molar-refractivity contribution in [1.82, 2.24) is 15.2 Å². The summed E-state index contributed by atoms with van der Waals surface area (Å²) < 4.78 is 24.9. The van der Waals surface area contributed by atoms with E-state index in [-0.39, 0.29) is 5.82 Å². The molecule has 1 aromatic carbocycles. The van der Waals surface area contributed by atoms with E-state index in [0.717, 1.165) is 0 Å². The van der Waals surface area contributed by atoms with Crippen LogP contribution in [0.4, 0.5) is 14.5 Å². The minimum atomic E-state index is -2.55. The van der Waals surface area contributed by atoms with Crippen LogP contribution in [0.15, 0.2) is 29.2 Å². The van der Waals surface area contributed by atoms with Gasteiger partial charge in [0.25, 0.3) is 11.7 Å². The Morgan fingerprint density at radius 1 is 1.45 bits per heavy atom. The van der Waals surface area contributed by atoms with Gasteiger partial charge in [0.1, 0.15) is 5.82 Å². The van der Waals surface area contributed by atoms with E-state index in [9.17, 15) is 13.6 Å². The zero-order chi connectivity index (χ0) is 14.5. The molecule has 0 fully saturated rings. The number of benzene rings is 1. The van der Waals surface area contributed by atoms with Crippen molar-refractivity contribution in [2.24, 2.45) is 0 Å². The average Bonchev–Trinajstić information content (AvgIpc) is 2.89. The van der Waals surface area contributed by atoms with Crippen molar-refractivity contribution in [3.8, 4) is 0 Å². The highest BCUT2D eigenvalue weighted by Gasteiger charge is 2.15. The quantitative estimate of drug-likeness (QED) is 0.833. The van der Waals surface area contributed by atoms with E-state index in [0.29, 0.717) is 34.6 Å². The van der Waals surface area contributed by atoms with Gasteiger partial charge >= 0.3 is 0 Å². The Morgan fingerprint density at radius 2 is 2.20 bits per heavy atom. The average molecular weight is 298 g/mol. The molecule has 0 saturated heterocycles. The molecule has 0 unspecified atom stereocenters. The molecule has 0 radical (unpaired) electrons. The summed E-state index contributed by atoms with van der Waals surface area (Å²) in [5, 5.41) is 8.92. The van der Waals surface area contributed by atoms with Crippen LogP contribution in [-0.2, 0) is 6.42 Å². The summed E-state index contributed by atoms with van der Waals surface area (Å²) in [4.78, 5) is 16.2. The summed E-state index contributed by atoms with van der Waals surface area (Å²) in [6.45, 7) is 1.87. The van der Waals surface area contributed by atoms with E-state index in [1.165, 1.54) is 6.07 Å². The van der Waals surface area contributed by atoms with Crippen molar-refractivity contribution < 1.29 is 13.6 Å². The monoisotopic (exact) mass is 298 g/mol. The van der Waals surface area contributed by atoms with E-state index in [1.807, 2.05) is 6.92 Å². The fourth-order valence-corrected chi connectivity index (χ4v) is 2.10. The van der Waals surface area contributed by atoms with Crippen LogP contribution in [0.5, 0.6) is 0 Å². The molecule has 2 rings (SSSR count). The molecule has 20 heavy (non-hydrogen) atoms. The number of nitrogens with zero attached hydrogens (tertiary/aromatic N) is 2. The number of para-hydroxylation sites is 1. The topological polar surface area (TPSA) is 70.7 Å². The SMILES string of the molecule is CCc1nc(C(=O)Nc2ccccc2SC(F)F)n[nH]1. The molecule has 0 spiro atoms. The molecule has 106 valence electrons. The minimum Gasteiger partial charge on any atom is -0.318 e. The molecular weight excluding hydrogens is 286 g/mol. The van der Waals surface area contributed by atoms with Crippen LogP contribution in [0.25, 0.3) is 0 Å². The highest BCUT2D eigenvalue weighted by molar-refractivity contribution is 7.99. The summed E-state index contributed by atoms with van der Waals surface area (Å²) in [5.41, 5.74) is 0.311. The first-order valence-corrected chi connectivity index (χ1v) is 6.74. The molecule has 0 saturated carbocycles. The predicted octanol–water partition coefficient (Wildman–Crippen LogP) is 2.93. The van der Waals surface area contributed by atoms with Gasteiger partial charge in [0.2, 0.25) is 5.82 Å². The number of anilines is 1. The fraction of sp³-hybridized carbons (Fsp3) is 0.250. The molecule has 0 aliphatic carbocycles. The van der Waals surface area contributed by atoms with Gasteiger partial charge in [-0.3, -0.25) is 9.89 Å². The number of nitrogens with one attached hydrogen (secondary N) is 2. The third-order valence-electron chi connectivity index (χ3n) is 2.42. The summed E-state index contributed by atoms with van der Waals surface area (Å²) in [6.07, 6.45) is 0.623. The third kappa shape index (κ3) is 3.53. The molecule has 0 aliphatic heterocycles. The maximum atomic E-state index is 12.4. The maximum Gasteiger partial charge on any atom is 0.295 e. The standard InChI is InChI=1S/C12H12F2N4OS/c1-2-9-16-10(18-17-9)11(19)15-7-5-3-4-6-8(7)20-12(13)14/h3-6,12H,2H2,1H3,(H,15,19)(H,16,17,18). The van der Waals surface area contributed by atoms with Crippen molar-refractivity contribution in [3.63, 3.8) is 0 Å². The Kier molecular flexibility index (Phi) is 4.67. The number of hydrogen-bond acceptors (Lipinski definition) is 4. The summed E-state index contributed by atoms with van der Waals surface area (Å²) in [5.74, 6) is -2.52. The van der Waals surface area contributed by atoms with Gasteiger partial charge in [0.15, 0.2) is 0 Å². The molecule has 0 aliphatic rings. The number of rotatable bonds is 5. The Morgan fingerprint density at radius 3 is 2.85 bits per heavy atom. The second-order valence-electron chi connectivity index (χ2n) is 3.79. The lowest BCUT2D eigenvalue weighted by Crippen LogP contribution is -2.14. The van der Waals surface area contributed by atoms with Gasteiger partial charge in [-0.15, -0.1) is 5.10 Å². The lowest BCUT2D eigenvalue weighted by Gasteiger charge is -2.08. The number of aromatic nitrogens is 3. The number of amides is 1. The lowest BCUT2D eigenvalue weighted by atomic mass is 10.3. The summed E-state index contributed by atoms with van der Waals surface area (Å²) in [6, 6.07) is 6.35. The zero-order valence-corrected chi connectivity index (χ0v) is 11.4. The van der Waals surface area contributed by atoms with Gasteiger partial charge in [-0.1, -0.05) is 30.8 Å². The number of aromatic amines is 1. The van der Waals surface area contributed by atoms with E-state index in [4.69, 9.17) is 0 Å². The molecular formula is C12H12F2N4OS. The highest BCUT2D eigenvalue weighted by atomic mass is 32.2. The lowest BCUT2D eigenvalue weighted by molar-refractivity contribution is 0.101. The summed E-state index contributed by atoms with van der Waals surface area (Å²) in [7, 11) is 0. The molecule has 1 heterocycles. The van der Waals surface area contributed by atoms with E-state index < -0.39 is 11.7 Å². The van der Waals surface area contributed by atoms with Gasteiger partial charge < -0.3 is 5.32 Å². The smallest absolute Gasteiger partial charge is 0.295 e. The van der Waals surface area contributed by atoms with E-state index >= 15 is 0 Å². The predicted molar refractivity (Wildman–Crippen MR) is 72.0 cm³/mol. The molecule has 0 bridgehead atoms. The van der Waals surface area contributed by atoms with Crippen molar-refractivity contribution in [2.75, 3.05) is 5.32 Å². The summed E-state index contributed by atoms with van der Waals surface area (Å²) >= 11 is 0.375. The first-order valence-electron chi connectivity index (χ1n) is 5.86. The van der Waals surface area contributed by atoms with Gasteiger partial charge in [-0.2, -0.15) is 8.78 Å². The second-order valence-corrected chi connectivity index (χ2v) is 4.82. The number of aryl methyl sites for hydroxylation is 1. The first-order chi connectivity index (χ1) is 9.60. The number of carbonyl (C=O) groups excluding carboxylic acids is 1. The van der Waals surface area contributed by atoms with Crippen LogP contribution in [-0.4, -0.2) is 26.8 Å². The fourth-order valence-electron chi connectivity index (χ4n) is 1.50. The third-order valence-corrected chi connectivity index (χ3v) is 3.21. The van der Waals surface area contributed by atoms with Crippen molar-refractivity contribution in [1.29, 1.82) is 0 Å². The number of hydrogen-bond donors (Lipinski definition) is 2. The molecule has 1 amide bonds. The van der Waals surface area contributed by atoms with Crippen molar-refractivity contribution >= 4 is 23.4 Å². The number of thioether (sulfide) groups is 1. The van der Waals surface area contributed by atoms with E-state index in [2.05, 4.69) is 20.5 Å². The number of H-pyrrole nitrogens is 1. The highest BCUT2D eigenvalue weighted by Crippen LogP contribution is 2.31. The molecule has 2 aromatic rings. The van der Waals surface area contributed by atoms with Gasteiger partial charge in [-0.05, 0) is 12.1 Å². The van der Waals surface area contributed by atoms with Crippen LogP contribution in [0.1, 0.15) is 23.4 Å². The largest absolute Gasteiger partial charge is 0.318 e. The molecule has 0 atom stereocenters. The van der Waals surface area contributed by atoms with Crippen LogP contribution in [0.2, 0.25) is 0 Å². The first kappa shape index (κ1) is 14.4. The van der Waals surface area contributed by atoms with Crippen LogP contribution < -0.4 is 5.32 Å². The Labute approximate surface area is 118 Å². The van der Waals surface area contributed by atoms with E-state index in [1.54, 1.807) is 18.2 Å². The molecule has 8 heteroatoms. The van der Waals surface area contributed by atoms with Gasteiger partial charge in [0, 0.05) is 11.3 Å². The molecule has 1 aromatic heterocycles. The van der Waals surface area contributed by atoms with Crippen molar-refractivity contribution in [2.45, 2.75) is 24.0 Å².